The van der Waals surface area contributed by atoms with Gasteiger partial charge in [0.05, 0.1) is 0 Å². The summed E-state index contributed by atoms with van der Waals surface area (Å²) in [7, 11) is 0. The lowest BCUT2D eigenvalue weighted by Gasteiger charge is -2.34. The summed E-state index contributed by atoms with van der Waals surface area (Å²) in [6.45, 7) is 13.1. The molecule has 0 aromatic carbocycles. The lowest BCUT2D eigenvalue weighted by Crippen LogP contribution is -2.36. The summed E-state index contributed by atoms with van der Waals surface area (Å²) < 4.78 is 7.83. The number of aryl methyl sites for hydroxylation is 1. The molecule has 26 heavy (non-hydrogen) atoms. The fourth-order valence-corrected chi connectivity index (χ4v) is 3.72. The van der Waals surface area contributed by atoms with Gasteiger partial charge in [-0.3, -0.25) is 4.40 Å². The highest BCUT2D eigenvalue weighted by molar-refractivity contribution is 5.74. The maximum absolute atomic E-state index is 9.32. The molecule has 3 aromatic heterocycles. The number of anilines is 1. The van der Waals surface area contributed by atoms with Gasteiger partial charge in [-0.25, -0.2) is 4.98 Å². The van der Waals surface area contributed by atoms with Crippen LogP contribution in [0, 0.1) is 12.3 Å². The highest BCUT2D eigenvalue weighted by atomic mass is 16.4. The number of nitrogens with one attached hydrogen (secondary N) is 1. The predicted octanol–water partition coefficient (Wildman–Crippen LogP) is 5.02. The lowest BCUT2D eigenvalue weighted by atomic mass is 9.82. The van der Waals surface area contributed by atoms with Gasteiger partial charge in [-0.2, -0.15) is 0 Å². The summed E-state index contributed by atoms with van der Waals surface area (Å²) >= 11 is 0. The molecule has 140 valence electrons. The third-order valence-corrected chi connectivity index (χ3v) is 4.26. The van der Waals surface area contributed by atoms with E-state index in [9.17, 15) is 5.11 Å². The van der Waals surface area contributed by atoms with Crippen LogP contribution in [0.15, 0.2) is 34.9 Å². The van der Waals surface area contributed by atoms with Crippen LogP contribution in [-0.2, 0) is 6.61 Å². The number of hydrogen-bond acceptors (Lipinski definition) is 4. The molecule has 0 spiro atoms. The van der Waals surface area contributed by atoms with Crippen molar-refractivity contribution in [3.8, 4) is 11.5 Å². The van der Waals surface area contributed by atoms with E-state index in [1.807, 2.05) is 12.3 Å². The smallest absolute Gasteiger partial charge is 0.156 e. The molecule has 3 rings (SSSR count). The fraction of sp³-hybridized carbons (Fsp3) is 0.476. The van der Waals surface area contributed by atoms with Crippen LogP contribution in [-0.4, -0.2) is 20.0 Å². The molecule has 0 aliphatic heterocycles. The van der Waals surface area contributed by atoms with Crippen molar-refractivity contribution in [3.05, 3.63) is 41.8 Å². The molecule has 2 N–H and O–H groups in total. The SMILES string of the molecule is Cc1ccn2c(NC(C)(C)CC(C)(C)C)c(-c3ccc(CO)o3)nc2c1. The molecule has 0 atom stereocenters. The first-order chi connectivity index (χ1) is 12.1. The van der Waals surface area contributed by atoms with Gasteiger partial charge in [-0.1, -0.05) is 20.8 Å². The van der Waals surface area contributed by atoms with Crippen LogP contribution in [0.25, 0.3) is 17.1 Å². The average Bonchev–Trinajstić information content (AvgIpc) is 3.09. The number of nitrogens with zero attached hydrogens (tertiary/aromatic N) is 2. The third-order valence-electron chi connectivity index (χ3n) is 4.26. The van der Waals surface area contributed by atoms with E-state index in [2.05, 4.69) is 63.4 Å². The van der Waals surface area contributed by atoms with Gasteiger partial charge in [0.1, 0.15) is 29.5 Å². The molecule has 3 heterocycles. The van der Waals surface area contributed by atoms with Crippen molar-refractivity contribution in [1.82, 2.24) is 9.38 Å². The number of aliphatic hydroxyl groups excluding tert-OH is 1. The average molecular weight is 355 g/mol. The number of pyridine rings is 1. The molecule has 5 nitrogen and oxygen atoms in total. The van der Waals surface area contributed by atoms with E-state index in [-0.39, 0.29) is 17.6 Å². The van der Waals surface area contributed by atoms with Crippen molar-refractivity contribution in [2.45, 2.75) is 60.1 Å². The first-order valence-electron chi connectivity index (χ1n) is 9.05. The Morgan fingerprint density at radius 2 is 1.88 bits per heavy atom. The maximum Gasteiger partial charge on any atom is 0.156 e. The second-order valence-electron chi connectivity index (χ2n) is 8.91. The fourth-order valence-electron chi connectivity index (χ4n) is 3.72. The van der Waals surface area contributed by atoms with Crippen molar-refractivity contribution in [3.63, 3.8) is 0 Å². The van der Waals surface area contributed by atoms with Crippen molar-refractivity contribution in [2.24, 2.45) is 5.41 Å². The second kappa shape index (κ2) is 6.47. The van der Waals surface area contributed by atoms with Crippen molar-refractivity contribution in [1.29, 1.82) is 0 Å². The molecule has 0 unspecified atom stereocenters. The molecular weight excluding hydrogens is 326 g/mol. The van der Waals surface area contributed by atoms with E-state index in [0.717, 1.165) is 29.1 Å². The van der Waals surface area contributed by atoms with E-state index >= 15 is 0 Å². The quantitative estimate of drug-likeness (QED) is 0.674. The van der Waals surface area contributed by atoms with Crippen LogP contribution >= 0.6 is 0 Å². The van der Waals surface area contributed by atoms with E-state index in [0.29, 0.717) is 11.5 Å². The summed E-state index contributed by atoms with van der Waals surface area (Å²) in [6, 6.07) is 7.78. The van der Waals surface area contributed by atoms with Gasteiger partial charge in [0, 0.05) is 11.7 Å². The van der Waals surface area contributed by atoms with Gasteiger partial charge in [-0.15, -0.1) is 0 Å². The predicted molar refractivity (Wildman–Crippen MR) is 105 cm³/mol. The van der Waals surface area contributed by atoms with Crippen LogP contribution in [0.3, 0.4) is 0 Å². The van der Waals surface area contributed by atoms with Crippen LogP contribution < -0.4 is 5.32 Å². The van der Waals surface area contributed by atoms with Gasteiger partial charge in [0.2, 0.25) is 0 Å². The van der Waals surface area contributed by atoms with Crippen molar-refractivity contribution in [2.75, 3.05) is 5.32 Å². The first kappa shape index (κ1) is 18.5. The zero-order chi connectivity index (χ0) is 19.1. The summed E-state index contributed by atoms with van der Waals surface area (Å²) in [4.78, 5) is 4.80. The van der Waals surface area contributed by atoms with Crippen LogP contribution in [0.2, 0.25) is 0 Å². The number of fused-ring (bicyclic) bond motifs is 1. The third kappa shape index (κ3) is 3.93. The van der Waals surface area contributed by atoms with E-state index in [1.165, 1.54) is 0 Å². The minimum atomic E-state index is -0.125. The summed E-state index contributed by atoms with van der Waals surface area (Å²) in [5, 5.41) is 13.0. The van der Waals surface area contributed by atoms with E-state index in [4.69, 9.17) is 9.40 Å². The Kier molecular flexibility index (Phi) is 4.61. The summed E-state index contributed by atoms with van der Waals surface area (Å²) in [5.41, 5.74) is 2.86. The van der Waals surface area contributed by atoms with Gasteiger partial charge in [0.15, 0.2) is 5.76 Å². The Hall–Kier alpha value is -2.27. The minimum Gasteiger partial charge on any atom is -0.457 e. The molecule has 0 fully saturated rings. The zero-order valence-corrected chi connectivity index (χ0v) is 16.6. The largest absolute Gasteiger partial charge is 0.457 e. The highest BCUT2D eigenvalue weighted by Gasteiger charge is 2.28. The molecule has 0 bridgehead atoms. The van der Waals surface area contributed by atoms with Crippen LogP contribution in [0.1, 0.15) is 52.4 Å². The number of aromatic nitrogens is 2. The van der Waals surface area contributed by atoms with Crippen molar-refractivity contribution >= 4 is 11.5 Å². The van der Waals surface area contributed by atoms with E-state index in [1.54, 1.807) is 6.07 Å². The molecule has 0 saturated carbocycles. The highest BCUT2D eigenvalue weighted by Crippen LogP contribution is 2.35. The molecule has 0 radical (unpaired) electrons. The summed E-state index contributed by atoms with van der Waals surface area (Å²) in [6.07, 6.45) is 3.03. The zero-order valence-electron chi connectivity index (χ0n) is 16.6. The normalized spacial score (nSPS) is 12.7. The Balaban J connectivity index is 2.10. The Bertz CT molecular complexity index is 913. The van der Waals surface area contributed by atoms with Crippen LogP contribution in [0.4, 0.5) is 5.82 Å². The molecule has 5 heteroatoms. The standard InChI is InChI=1S/C21H29N3O2/c1-14-9-10-24-17(11-14)22-18(16-8-7-15(12-25)26-16)19(24)23-21(5,6)13-20(2,3)4/h7-11,23,25H,12-13H2,1-6H3. The Morgan fingerprint density at radius 1 is 1.15 bits per heavy atom. The minimum absolute atomic E-state index is 0.120. The lowest BCUT2D eigenvalue weighted by molar-refractivity contribution is 0.248. The molecule has 0 amide bonds. The second-order valence-corrected chi connectivity index (χ2v) is 8.91. The monoisotopic (exact) mass is 355 g/mol. The molecule has 0 saturated heterocycles. The Morgan fingerprint density at radius 3 is 2.50 bits per heavy atom. The molecule has 0 aliphatic rings. The first-order valence-corrected chi connectivity index (χ1v) is 9.05. The summed E-state index contributed by atoms with van der Waals surface area (Å²) in [5.74, 6) is 2.10. The number of rotatable bonds is 5. The topological polar surface area (TPSA) is 62.7 Å². The maximum atomic E-state index is 9.32. The molecule has 0 aliphatic carbocycles. The van der Waals surface area contributed by atoms with Gasteiger partial charge >= 0.3 is 0 Å². The molecule has 3 aromatic rings. The van der Waals surface area contributed by atoms with Gasteiger partial charge < -0.3 is 14.8 Å². The van der Waals surface area contributed by atoms with Gasteiger partial charge in [0.25, 0.3) is 0 Å². The van der Waals surface area contributed by atoms with E-state index < -0.39 is 0 Å². The molecular formula is C21H29N3O2. The van der Waals surface area contributed by atoms with Crippen molar-refractivity contribution < 1.29 is 9.52 Å². The Labute approximate surface area is 155 Å². The number of imidazole rings is 1. The number of furan rings is 1. The number of hydrogen-bond donors (Lipinski definition) is 2. The van der Waals surface area contributed by atoms with Crippen LogP contribution in [0.5, 0.6) is 0 Å². The number of aliphatic hydroxyl groups is 1. The van der Waals surface area contributed by atoms with Gasteiger partial charge in [-0.05, 0) is 62.4 Å².